The molecule has 0 fully saturated rings. The predicted octanol–water partition coefficient (Wildman–Crippen LogP) is 2.39. The summed E-state index contributed by atoms with van der Waals surface area (Å²) in [5.74, 6) is 4.27. The molecule has 0 spiro atoms. The molecule has 9 heteroatoms. The van der Waals surface area contributed by atoms with Crippen LogP contribution in [0.15, 0.2) is 23.2 Å². The summed E-state index contributed by atoms with van der Waals surface area (Å²) in [4.78, 5) is 8.02. The number of nitrogens with zero attached hydrogens (tertiary/aromatic N) is 3. The zero-order chi connectivity index (χ0) is 19.9. The largest absolute Gasteiger partial charge is 0.322 e. The van der Waals surface area contributed by atoms with Crippen molar-refractivity contribution >= 4 is 21.1 Å². The summed E-state index contributed by atoms with van der Waals surface area (Å²) in [6.07, 6.45) is 1.58. The molecular formula is C18H16F2N4O2S. The van der Waals surface area contributed by atoms with Gasteiger partial charge in [-0.3, -0.25) is 4.98 Å². The fraction of sp³-hybridized carbons (Fsp3) is 0.222. The van der Waals surface area contributed by atoms with Crippen molar-refractivity contribution in [3.05, 3.63) is 52.6 Å². The van der Waals surface area contributed by atoms with Crippen LogP contribution in [0.5, 0.6) is 0 Å². The van der Waals surface area contributed by atoms with Crippen LogP contribution in [0, 0.1) is 37.3 Å². The lowest BCUT2D eigenvalue weighted by Crippen LogP contribution is -2.15. The van der Waals surface area contributed by atoms with Gasteiger partial charge in [-0.25, -0.2) is 27.3 Å². The number of nitrogens with two attached hydrogens (primary N) is 1. The highest BCUT2D eigenvalue weighted by molar-refractivity contribution is 7.89. The van der Waals surface area contributed by atoms with E-state index in [4.69, 9.17) is 5.14 Å². The Kier molecular flexibility index (Phi) is 4.71. The Bertz CT molecular complexity index is 1210. The highest BCUT2D eigenvalue weighted by Crippen LogP contribution is 2.25. The number of aromatic nitrogens is 3. The molecule has 0 aliphatic carbocycles. The first-order chi connectivity index (χ1) is 12.6. The lowest BCUT2D eigenvalue weighted by atomic mass is 10.1. The van der Waals surface area contributed by atoms with Gasteiger partial charge in [-0.15, -0.1) is 5.92 Å². The standard InChI is InChI=1S/C18H16F2N4O2S/c1-4-5-13-10(2)22-8-17-18(13)24(11(3)23-17)9-14-15(19)6-12(7-16(14)20)27(21,25)26/h6-8H,9H2,1-3H3,(H2,21,25,26). The number of primary sulfonamides is 1. The molecule has 0 aliphatic heterocycles. The van der Waals surface area contributed by atoms with E-state index in [1.54, 1.807) is 31.5 Å². The maximum absolute atomic E-state index is 14.5. The first-order valence-corrected chi connectivity index (χ1v) is 9.44. The van der Waals surface area contributed by atoms with E-state index >= 15 is 0 Å². The van der Waals surface area contributed by atoms with E-state index in [-0.39, 0.29) is 12.1 Å². The highest BCUT2D eigenvalue weighted by atomic mass is 32.2. The van der Waals surface area contributed by atoms with Crippen LogP contribution >= 0.6 is 0 Å². The number of fused-ring (bicyclic) bond motifs is 1. The third kappa shape index (κ3) is 3.41. The number of benzene rings is 1. The number of rotatable bonds is 3. The highest BCUT2D eigenvalue weighted by Gasteiger charge is 2.20. The molecule has 6 nitrogen and oxygen atoms in total. The smallest absolute Gasteiger partial charge is 0.238 e. The Morgan fingerprint density at radius 1 is 1.22 bits per heavy atom. The summed E-state index contributed by atoms with van der Waals surface area (Å²) in [6, 6.07) is 1.42. The van der Waals surface area contributed by atoms with Gasteiger partial charge in [0, 0.05) is 5.56 Å². The molecule has 0 saturated carbocycles. The fourth-order valence-corrected chi connectivity index (χ4v) is 3.39. The molecule has 2 heterocycles. The third-order valence-corrected chi connectivity index (χ3v) is 5.07. The van der Waals surface area contributed by atoms with Crippen LogP contribution in [0.2, 0.25) is 0 Å². The van der Waals surface area contributed by atoms with Gasteiger partial charge in [-0.2, -0.15) is 0 Å². The normalized spacial score (nSPS) is 11.5. The van der Waals surface area contributed by atoms with Crippen LogP contribution in [-0.4, -0.2) is 23.0 Å². The first-order valence-electron chi connectivity index (χ1n) is 7.89. The molecule has 0 amide bonds. The van der Waals surface area contributed by atoms with Gasteiger partial charge in [-0.05, 0) is 32.9 Å². The zero-order valence-corrected chi connectivity index (χ0v) is 15.7. The fourth-order valence-electron chi connectivity index (χ4n) is 2.86. The first kappa shape index (κ1) is 18.9. The van der Waals surface area contributed by atoms with Crippen molar-refractivity contribution in [2.45, 2.75) is 32.2 Å². The molecule has 0 atom stereocenters. The van der Waals surface area contributed by atoms with Crippen molar-refractivity contribution in [1.82, 2.24) is 14.5 Å². The van der Waals surface area contributed by atoms with E-state index in [1.165, 1.54) is 0 Å². The molecule has 0 saturated heterocycles. The van der Waals surface area contributed by atoms with Crippen LogP contribution in [0.3, 0.4) is 0 Å². The molecule has 3 aromatic rings. The van der Waals surface area contributed by atoms with Gasteiger partial charge in [0.05, 0.1) is 34.4 Å². The molecule has 2 aromatic heterocycles. The number of hydrogen-bond donors (Lipinski definition) is 1. The van der Waals surface area contributed by atoms with Gasteiger partial charge >= 0.3 is 0 Å². The maximum Gasteiger partial charge on any atom is 0.238 e. The second-order valence-corrected chi connectivity index (χ2v) is 7.54. The minimum absolute atomic E-state index is 0.188. The summed E-state index contributed by atoms with van der Waals surface area (Å²) in [5, 5.41) is 4.95. The minimum atomic E-state index is -4.21. The quantitative estimate of drug-likeness (QED) is 0.695. The van der Waals surface area contributed by atoms with Crippen LogP contribution in [0.25, 0.3) is 11.0 Å². The average Bonchev–Trinajstić information content (AvgIpc) is 2.88. The van der Waals surface area contributed by atoms with Gasteiger partial charge in [0.25, 0.3) is 0 Å². The van der Waals surface area contributed by atoms with Gasteiger partial charge in [0.2, 0.25) is 10.0 Å². The van der Waals surface area contributed by atoms with Crippen LogP contribution in [0.1, 0.15) is 29.6 Å². The summed E-state index contributed by atoms with van der Waals surface area (Å²) in [5.41, 5.74) is 2.16. The third-order valence-electron chi connectivity index (χ3n) is 4.17. The second kappa shape index (κ2) is 6.72. The van der Waals surface area contributed by atoms with Crippen molar-refractivity contribution in [3.8, 4) is 11.8 Å². The Morgan fingerprint density at radius 3 is 2.41 bits per heavy atom. The van der Waals surface area contributed by atoms with Crippen LogP contribution < -0.4 is 5.14 Å². The molecule has 0 unspecified atom stereocenters. The number of halogens is 2. The van der Waals surface area contributed by atoms with Crippen molar-refractivity contribution in [3.63, 3.8) is 0 Å². The molecule has 2 N–H and O–H groups in total. The van der Waals surface area contributed by atoms with E-state index in [2.05, 4.69) is 21.8 Å². The summed E-state index contributed by atoms with van der Waals surface area (Å²) < 4.78 is 53.3. The van der Waals surface area contributed by atoms with Crippen molar-refractivity contribution in [2.75, 3.05) is 0 Å². The molecule has 0 bridgehead atoms. The molecule has 0 aliphatic rings. The average molecular weight is 390 g/mol. The van der Waals surface area contributed by atoms with Gasteiger partial charge in [0.15, 0.2) is 0 Å². The summed E-state index contributed by atoms with van der Waals surface area (Å²) in [6.45, 7) is 4.98. The Balaban J connectivity index is 2.22. The monoisotopic (exact) mass is 390 g/mol. The van der Waals surface area contributed by atoms with Crippen molar-refractivity contribution in [2.24, 2.45) is 5.14 Å². The molecule has 27 heavy (non-hydrogen) atoms. The number of pyridine rings is 1. The van der Waals surface area contributed by atoms with Gasteiger partial charge in [0.1, 0.15) is 23.0 Å². The Morgan fingerprint density at radius 2 is 1.85 bits per heavy atom. The lowest BCUT2D eigenvalue weighted by Gasteiger charge is -2.12. The number of sulfonamides is 1. The predicted molar refractivity (Wildman–Crippen MR) is 96.4 cm³/mol. The number of hydrogen-bond acceptors (Lipinski definition) is 4. The zero-order valence-electron chi connectivity index (χ0n) is 14.8. The van der Waals surface area contributed by atoms with Crippen LogP contribution in [0.4, 0.5) is 8.78 Å². The molecule has 3 rings (SSSR count). The molecule has 1 aromatic carbocycles. The lowest BCUT2D eigenvalue weighted by molar-refractivity contribution is 0.535. The van der Waals surface area contributed by atoms with E-state index in [1.807, 2.05) is 0 Å². The summed E-state index contributed by atoms with van der Waals surface area (Å²) in [7, 11) is -4.21. The van der Waals surface area contributed by atoms with Crippen LogP contribution in [-0.2, 0) is 16.6 Å². The Labute approximate surface area is 155 Å². The topological polar surface area (TPSA) is 90.9 Å². The van der Waals surface area contributed by atoms with E-state index in [9.17, 15) is 17.2 Å². The molecule has 0 radical (unpaired) electrons. The van der Waals surface area contributed by atoms with Gasteiger partial charge in [-0.1, -0.05) is 5.92 Å². The van der Waals surface area contributed by atoms with Crippen molar-refractivity contribution < 1.29 is 17.2 Å². The SMILES string of the molecule is CC#Cc1c(C)ncc2nc(C)n(Cc3c(F)cc(S(N)(=O)=O)cc3F)c12. The minimum Gasteiger partial charge on any atom is -0.322 e. The van der Waals surface area contributed by atoms with E-state index in [0.717, 1.165) is 0 Å². The second-order valence-electron chi connectivity index (χ2n) is 5.98. The Hall–Kier alpha value is -2.83. The number of aryl methyl sites for hydroxylation is 2. The molecule has 140 valence electrons. The van der Waals surface area contributed by atoms with E-state index in [0.29, 0.717) is 40.2 Å². The summed E-state index contributed by atoms with van der Waals surface area (Å²) >= 11 is 0. The van der Waals surface area contributed by atoms with Gasteiger partial charge < -0.3 is 4.57 Å². The van der Waals surface area contributed by atoms with Crippen molar-refractivity contribution in [1.29, 1.82) is 0 Å². The number of imidazole rings is 1. The molecular weight excluding hydrogens is 374 g/mol. The maximum atomic E-state index is 14.5. The van der Waals surface area contributed by atoms with E-state index < -0.39 is 26.6 Å².